The summed E-state index contributed by atoms with van der Waals surface area (Å²) in [6.45, 7) is 2.17. The van der Waals surface area contributed by atoms with Crippen LogP contribution in [0.3, 0.4) is 0 Å². The summed E-state index contributed by atoms with van der Waals surface area (Å²) >= 11 is 0. The van der Waals surface area contributed by atoms with Gasteiger partial charge in [-0.15, -0.1) is 0 Å². The summed E-state index contributed by atoms with van der Waals surface area (Å²) in [5.41, 5.74) is 3.56. The van der Waals surface area contributed by atoms with Gasteiger partial charge in [0.05, 0.1) is 13.1 Å². The van der Waals surface area contributed by atoms with Gasteiger partial charge in [0, 0.05) is 62.0 Å². The number of halogens is 2. The Kier molecular flexibility index (Phi) is 7.01. The molecule has 0 radical (unpaired) electrons. The molecule has 0 unspecified atom stereocenters. The van der Waals surface area contributed by atoms with Gasteiger partial charge < -0.3 is 4.90 Å². The number of hydrogen-bond donors (Lipinski definition) is 0. The number of carbonyl (C=O) groups excluding carboxylic acids is 1. The van der Waals surface area contributed by atoms with E-state index in [-0.39, 0.29) is 12.5 Å². The molecule has 3 aromatic rings. The van der Waals surface area contributed by atoms with Crippen LogP contribution in [0.4, 0.5) is 8.78 Å². The predicted octanol–water partition coefficient (Wildman–Crippen LogP) is 3.42. The third-order valence-corrected chi connectivity index (χ3v) is 5.40. The van der Waals surface area contributed by atoms with Crippen LogP contribution in [0.15, 0.2) is 67.1 Å². The summed E-state index contributed by atoms with van der Waals surface area (Å²) in [6.07, 6.45) is 6.32. The molecule has 4 rings (SSSR count). The van der Waals surface area contributed by atoms with E-state index in [1.54, 1.807) is 28.3 Å². The normalized spacial score (nSPS) is 15.0. The van der Waals surface area contributed by atoms with E-state index in [4.69, 9.17) is 5.10 Å². The Morgan fingerprint density at radius 2 is 1.84 bits per heavy atom. The highest BCUT2D eigenvalue weighted by Crippen LogP contribution is 2.23. The number of benzene rings is 1. The zero-order valence-electron chi connectivity index (χ0n) is 17.6. The number of amides is 1. The average Bonchev–Trinajstić information content (AvgIpc) is 3.21. The summed E-state index contributed by atoms with van der Waals surface area (Å²) in [5, 5.41) is 4.73. The van der Waals surface area contributed by atoms with Crippen LogP contribution in [0.2, 0.25) is 0 Å². The van der Waals surface area contributed by atoms with Crippen LogP contribution in [-0.4, -0.2) is 69.6 Å². The molecule has 6 nitrogen and oxygen atoms in total. The van der Waals surface area contributed by atoms with Crippen molar-refractivity contribution in [1.82, 2.24) is 24.6 Å². The van der Waals surface area contributed by atoms with Crippen LogP contribution in [0.5, 0.6) is 0 Å². The highest BCUT2D eigenvalue weighted by molar-refractivity contribution is 5.92. The second-order valence-corrected chi connectivity index (χ2v) is 7.71. The number of aromatic nitrogens is 3. The molecule has 1 aromatic carbocycles. The molecule has 0 saturated carbocycles. The second kappa shape index (κ2) is 10.3. The highest BCUT2D eigenvalue weighted by atomic mass is 19.3. The molecular formula is C24H25F2N5O. The molecule has 0 aliphatic carbocycles. The third kappa shape index (κ3) is 5.64. The fourth-order valence-electron chi connectivity index (χ4n) is 3.75. The molecule has 3 heterocycles. The van der Waals surface area contributed by atoms with Crippen LogP contribution in [0, 0.1) is 0 Å². The molecule has 2 aromatic heterocycles. The molecule has 1 aliphatic heterocycles. The first-order valence-electron chi connectivity index (χ1n) is 10.6. The van der Waals surface area contributed by atoms with Crippen molar-refractivity contribution in [2.24, 2.45) is 0 Å². The van der Waals surface area contributed by atoms with E-state index in [9.17, 15) is 13.6 Å². The van der Waals surface area contributed by atoms with Gasteiger partial charge in [0.1, 0.15) is 5.69 Å². The van der Waals surface area contributed by atoms with E-state index >= 15 is 0 Å². The zero-order chi connectivity index (χ0) is 22.3. The van der Waals surface area contributed by atoms with E-state index in [1.165, 1.54) is 6.08 Å². The van der Waals surface area contributed by atoms with Crippen LogP contribution in [0.1, 0.15) is 11.1 Å². The lowest BCUT2D eigenvalue weighted by Crippen LogP contribution is -2.49. The maximum Gasteiger partial charge on any atom is 0.251 e. The minimum atomic E-state index is -2.35. The smallest absolute Gasteiger partial charge is 0.251 e. The third-order valence-electron chi connectivity index (χ3n) is 5.40. The lowest BCUT2D eigenvalue weighted by Gasteiger charge is -2.33. The number of carbonyl (C=O) groups is 1. The van der Waals surface area contributed by atoms with Gasteiger partial charge in [0.15, 0.2) is 0 Å². The van der Waals surface area contributed by atoms with Crippen molar-refractivity contribution in [2.45, 2.75) is 13.0 Å². The lowest BCUT2D eigenvalue weighted by atomic mass is 10.1. The van der Waals surface area contributed by atoms with E-state index in [2.05, 4.69) is 4.98 Å². The van der Waals surface area contributed by atoms with Gasteiger partial charge in [-0.05, 0) is 23.8 Å². The van der Waals surface area contributed by atoms with Crippen LogP contribution in [0.25, 0.3) is 17.3 Å². The highest BCUT2D eigenvalue weighted by Gasteiger charge is 2.21. The lowest BCUT2D eigenvalue weighted by molar-refractivity contribution is -0.127. The minimum Gasteiger partial charge on any atom is -0.337 e. The van der Waals surface area contributed by atoms with Crippen molar-refractivity contribution in [3.8, 4) is 11.3 Å². The number of rotatable bonds is 7. The maximum atomic E-state index is 12.7. The van der Waals surface area contributed by atoms with E-state index in [0.29, 0.717) is 32.7 Å². The van der Waals surface area contributed by atoms with Crippen molar-refractivity contribution in [3.05, 3.63) is 78.3 Å². The molecule has 166 valence electrons. The first kappa shape index (κ1) is 21.8. The SMILES string of the molecule is O=C(/C=C/c1cn(Cc2ccccc2)nc1-c1cccnc1)N1CCN(CC(F)F)CC1. The average molecular weight is 437 g/mol. The molecule has 0 atom stereocenters. The number of hydrogen-bond acceptors (Lipinski definition) is 4. The monoisotopic (exact) mass is 437 g/mol. The topological polar surface area (TPSA) is 54.3 Å². The zero-order valence-corrected chi connectivity index (χ0v) is 17.6. The van der Waals surface area contributed by atoms with Crippen molar-refractivity contribution in [2.75, 3.05) is 32.7 Å². The quantitative estimate of drug-likeness (QED) is 0.532. The van der Waals surface area contributed by atoms with E-state index in [0.717, 1.165) is 22.4 Å². The van der Waals surface area contributed by atoms with Gasteiger partial charge in [0.2, 0.25) is 5.91 Å². The Balaban J connectivity index is 1.49. The Labute approximate surface area is 185 Å². The minimum absolute atomic E-state index is 0.130. The number of pyridine rings is 1. The van der Waals surface area contributed by atoms with Crippen molar-refractivity contribution in [1.29, 1.82) is 0 Å². The summed E-state index contributed by atoms with van der Waals surface area (Å²) in [5.74, 6) is -0.130. The largest absolute Gasteiger partial charge is 0.337 e. The molecule has 32 heavy (non-hydrogen) atoms. The molecule has 1 saturated heterocycles. The van der Waals surface area contributed by atoms with Gasteiger partial charge >= 0.3 is 0 Å². The maximum absolute atomic E-state index is 12.7. The summed E-state index contributed by atoms with van der Waals surface area (Å²) in [6, 6.07) is 13.8. The van der Waals surface area contributed by atoms with Crippen LogP contribution >= 0.6 is 0 Å². The Hall–Kier alpha value is -3.39. The molecule has 0 N–H and O–H groups in total. The Bertz CT molecular complexity index is 1040. The second-order valence-electron chi connectivity index (χ2n) is 7.71. The van der Waals surface area contributed by atoms with Crippen molar-refractivity contribution in [3.63, 3.8) is 0 Å². The summed E-state index contributed by atoms with van der Waals surface area (Å²) < 4.78 is 27.0. The summed E-state index contributed by atoms with van der Waals surface area (Å²) in [7, 11) is 0. The molecule has 0 bridgehead atoms. The number of alkyl halides is 2. The predicted molar refractivity (Wildman–Crippen MR) is 119 cm³/mol. The first-order chi connectivity index (χ1) is 15.6. The first-order valence-corrected chi connectivity index (χ1v) is 10.6. The van der Waals surface area contributed by atoms with Crippen molar-refractivity contribution >= 4 is 12.0 Å². The molecule has 1 fully saturated rings. The van der Waals surface area contributed by atoms with Crippen molar-refractivity contribution < 1.29 is 13.6 Å². The van der Waals surface area contributed by atoms with Gasteiger partial charge in [-0.1, -0.05) is 30.3 Å². The molecule has 1 aliphatic rings. The van der Waals surface area contributed by atoms with Gasteiger partial charge in [-0.25, -0.2) is 8.78 Å². The number of nitrogens with zero attached hydrogens (tertiary/aromatic N) is 5. The van der Waals surface area contributed by atoms with E-state index in [1.807, 2.05) is 53.3 Å². The van der Waals surface area contributed by atoms with Gasteiger partial charge in [-0.3, -0.25) is 19.4 Å². The van der Waals surface area contributed by atoms with Crippen LogP contribution in [-0.2, 0) is 11.3 Å². The van der Waals surface area contributed by atoms with Gasteiger partial charge in [0.25, 0.3) is 6.43 Å². The molecule has 1 amide bonds. The Morgan fingerprint density at radius 1 is 1.06 bits per heavy atom. The fraction of sp³-hybridized carbons (Fsp3) is 0.292. The fourth-order valence-corrected chi connectivity index (χ4v) is 3.75. The van der Waals surface area contributed by atoms with E-state index < -0.39 is 6.43 Å². The van der Waals surface area contributed by atoms with Gasteiger partial charge in [-0.2, -0.15) is 5.10 Å². The Morgan fingerprint density at radius 3 is 2.53 bits per heavy atom. The summed E-state index contributed by atoms with van der Waals surface area (Å²) in [4.78, 5) is 20.2. The standard InChI is InChI=1S/C24H25F2N5O/c25-22(26)18-29-11-13-30(14-12-29)23(32)9-8-21-17-31(16-19-5-2-1-3-6-19)28-24(21)20-7-4-10-27-15-20/h1-10,15,17,22H,11-14,16,18H2/b9-8+. The van der Waals surface area contributed by atoms with Crippen LogP contribution < -0.4 is 0 Å². The number of piperazine rings is 1. The molecule has 8 heteroatoms. The molecular weight excluding hydrogens is 412 g/mol. The molecule has 0 spiro atoms.